The molecule has 41 heavy (non-hydrogen) atoms. The van der Waals surface area contributed by atoms with E-state index >= 15 is 0 Å². The Kier molecular flexibility index (Phi) is 5.78. The number of benzene rings is 3. The lowest BCUT2D eigenvalue weighted by Crippen LogP contribution is -2.53. The van der Waals surface area contributed by atoms with Crippen molar-refractivity contribution >= 4 is 57.6 Å². The Morgan fingerprint density at radius 3 is 2.56 bits per heavy atom. The van der Waals surface area contributed by atoms with Gasteiger partial charge in [-0.05, 0) is 55.3 Å². The number of aromatic amines is 1. The van der Waals surface area contributed by atoms with Gasteiger partial charge in [-0.25, -0.2) is 9.69 Å². The number of carbonyl (C=O) groups excluding carboxylic acids is 4. The second kappa shape index (κ2) is 9.29. The van der Waals surface area contributed by atoms with Gasteiger partial charge in [-0.2, -0.15) is 0 Å². The number of hydrogen-bond acceptors (Lipinski definition) is 6. The van der Waals surface area contributed by atoms with Crippen molar-refractivity contribution in [3.8, 4) is 0 Å². The number of amides is 3. The van der Waals surface area contributed by atoms with Gasteiger partial charge in [-0.15, -0.1) is 0 Å². The first-order chi connectivity index (χ1) is 19.8. The van der Waals surface area contributed by atoms with Gasteiger partial charge in [0.1, 0.15) is 5.54 Å². The van der Waals surface area contributed by atoms with Crippen LogP contribution in [-0.4, -0.2) is 41.3 Å². The van der Waals surface area contributed by atoms with E-state index in [0.717, 1.165) is 21.4 Å². The molecule has 1 spiro atoms. The molecule has 3 aliphatic heterocycles. The van der Waals surface area contributed by atoms with Crippen LogP contribution in [0.5, 0.6) is 0 Å². The molecule has 3 aromatic carbocycles. The lowest BCUT2D eigenvalue weighted by Gasteiger charge is -2.29. The minimum Gasteiger partial charge on any atom is -0.462 e. The lowest BCUT2D eigenvalue weighted by molar-refractivity contribution is -0.130. The first-order valence-electron chi connectivity index (χ1n) is 13.4. The summed E-state index contributed by atoms with van der Waals surface area (Å²) in [6.07, 6.45) is 2.31. The SMILES string of the molecule is CCOC(=O)c1ccc(N2C(=O)[C@@H]3C(Cc4c[nH]c5ccccc45)NC4(C(=O)Nc5c(Cl)cccc54)[C@@H]3C2=O)cc1. The number of hydrogen-bond donors (Lipinski definition) is 3. The molecule has 206 valence electrons. The number of H-pyrrole nitrogens is 1. The molecule has 2 fully saturated rings. The van der Waals surface area contributed by atoms with Crippen LogP contribution in [0.15, 0.2) is 72.9 Å². The standard InChI is InChI=1S/C31H25ClN4O5/c1-2-41-29(39)16-10-12-18(13-11-16)36-27(37)24-23(14-17-15-33-22-9-4-3-6-19(17)22)35-31(25(24)28(36)38)20-7-5-8-21(32)26(20)34-30(31)40/h3-13,15,23-25,33,35H,2,14H2,1H3,(H,34,40)/t23?,24-,25+,31?/m1/s1. The quantitative estimate of drug-likeness (QED) is 0.245. The van der Waals surface area contributed by atoms with E-state index < -0.39 is 47.1 Å². The molecule has 0 aliphatic carbocycles. The van der Waals surface area contributed by atoms with E-state index in [9.17, 15) is 19.2 Å². The maximum Gasteiger partial charge on any atom is 0.338 e. The fraction of sp³-hybridized carbons (Fsp3) is 0.226. The Labute approximate surface area is 239 Å². The number of aromatic nitrogens is 1. The Morgan fingerprint density at radius 1 is 1.00 bits per heavy atom. The highest BCUT2D eigenvalue weighted by Crippen LogP contribution is 2.55. The second-order valence-corrected chi connectivity index (χ2v) is 10.9. The Balaban J connectivity index is 1.33. The molecule has 7 rings (SSSR count). The van der Waals surface area contributed by atoms with E-state index in [1.54, 1.807) is 37.3 Å². The highest BCUT2D eigenvalue weighted by Gasteiger charge is 2.70. The third kappa shape index (κ3) is 3.59. The number of halogens is 1. The molecular formula is C31H25ClN4O5. The molecule has 3 amide bonds. The van der Waals surface area contributed by atoms with Crippen molar-refractivity contribution in [2.24, 2.45) is 11.8 Å². The molecular weight excluding hydrogens is 544 g/mol. The number of para-hydroxylation sites is 2. The summed E-state index contributed by atoms with van der Waals surface area (Å²) in [7, 11) is 0. The third-order valence-corrected chi connectivity index (χ3v) is 8.77. The maximum atomic E-state index is 14.2. The van der Waals surface area contributed by atoms with E-state index in [-0.39, 0.29) is 6.61 Å². The predicted molar refractivity (Wildman–Crippen MR) is 153 cm³/mol. The number of anilines is 2. The summed E-state index contributed by atoms with van der Waals surface area (Å²) in [6, 6.07) is 18.7. The van der Waals surface area contributed by atoms with Crippen LogP contribution in [0.25, 0.3) is 10.9 Å². The molecule has 4 atom stereocenters. The predicted octanol–water partition coefficient (Wildman–Crippen LogP) is 4.17. The van der Waals surface area contributed by atoms with Crippen LogP contribution in [0.1, 0.15) is 28.4 Å². The third-order valence-electron chi connectivity index (χ3n) is 8.45. The number of imide groups is 1. The fourth-order valence-corrected chi connectivity index (χ4v) is 6.94. The molecule has 3 N–H and O–H groups in total. The van der Waals surface area contributed by atoms with Crippen LogP contribution < -0.4 is 15.5 Å². The Morgan fingerprint density at radius 2 is 1.78 bits per heavy atom. The van der Waals surface area contributed by atoms with Crippen molar-refractivity contribution in [2.45, 2.75) is 24.9 Å². The van der Waals surface area contributed by atoms with Crippen LogP contribution in [0.2, 0.25) is 5.02 Å². The first kappa shape index (κ1) is 25.5. The minimum atomic E-state index is -1.48. The van der Waals surface area contributed by atoms with Crippen molar-refractivity contribution in [3.63, 3.8) is 0 Å². The zero-order valence-electron chi connectivity index (χ0n) is 21.9. The van der Waals surface area contributed by atoms with Crippen LogP contribution in [0.3, 0.4) is 0 Å². The molecule has 4 heterocycles. The van der Waals surface area contributed by atoms with Gasteiger partial charge in [0, 0.05) is 28.7 Å². The molecule has 2 saturated heterocycles. The lowest BCUT2D eigenvalue weighted by atomic mass is 9.76. The van der Waals surface area contributed by atoms with Crippen molar-refractivity contribution in [1.29, 1.82) is 0 Å². The molecule has 10 heteroatoms. The monoisotopic (exact) mass is 568 g/mol. The van der Waals surface area contributed by atoms with E-state index in [2.05, 4.69) is 15.6 Å². The van der Waals surface area contributed by atoms with Gasteiger partial charge in [0.05, 0.1) is 40.4 Å². The van der Waals surface area contributed by atoms with E-state index in [4.69, 9.17) is 16.3 Å². The van der Waals surface area contributed by atoms with Gasteiger partial charge in [0.15, 0.2) is 0 Å². The molecule has 2 unspecified atom stereocenters. The number of rotatable bonds is 5. The normalized spacial score (nSPS) is 24.7. The van der Waals surface area contributed by atoms with Crippen molar-refractivity contribution in [1.82, 2.24) is 10.3 Å². The van der Waals surface area contributed by atoms with Gasteiger partial charge in [-0.3, -0.25) is 19.7 Å². The molecule has 4 aromatic rings. The van der Waals surface area contributed by atoms with Gasteiger partial charge in [-0.1, -0.05) is 41.9 Å². The zero-order chi connectivity index (χ0) is 28.5. The van der Waals surface area contributed by atoms with E-state index in [1.165, 1.54) is 12.1 Å². The Hall–Kier alpha value is -4.47. The average Bonchev–Trinajstić information content (AvgIpc) is 3.68. The topological polar surface area (TPSA) is 121 Å². The van der Waals surface area contributed by atoms with Gasteiger partial charge >= 0.3 is 5.97 Å². The molecule has 0 radical (unpaired) electrons. The van der Waals surface area contributed by atoms with Crippen LogP contribution in [0.4, 0.5) is 11.4 Å². The van der Waals surface area contributed by atoms with Crippen LogP contribution in [0, 0.1) is 11.8 Å². The second-order valence-electron chi connectivity index (χ2n) is 10.5. The van der Waals surface area contributed by atoms with Crippen molar-refractivity contribution in [3.05, 3.63) is 94.6 Å². The van der Waals surface area contributed by atoms with Gasteiger partial charge in [0.25, 0.3) is 0 Å². The summed E-state index contributed by atoms with van der Waals surface area (Å²) in [6.45, 7) is 1.95. The van der Waals surface area contributed by atoms with E-state index in [0.29, 0.717) is 33.9 Å². The number of nitrogens with one attached hydrogen (secondary N) is 3. The number of carbonyl (C=O) groups is 4. The molecule has 3 aliphatic rings. The number of fused-ring (bicyclic) bond motifs is 5. The van der Waals surface area contributed by atoms with Crippen LogP contribution >= 0.6 is 11.6 Å². The number of ether oxygens (including phenoxy) is 1. The van der Waals surface area contributed by atoms with Crippen molar-refractivity contribution < 1.29 is 23.9 Å². The number of esters is 1. The molecule has 0 saturated carbocycles. The van der Waals surface area contributed by atoms with Crippen LogP contribution in [-0.2, 0) is 31.1 Å². The summed E-state index contributed by atoms with van der Waals surface area (Å²) in [4.78, 5) is 58.8. The van der Waals surface area contributed by atoms with E-state index in [1.807, 2.05) is 30.5 Å². The summed E-state index contributed by atoms with van der Waals surface area (Å²) >= 11 is 6.46. The van der Waals surface area contributed by atoms with Gasteiger partial charge in [0.2, 0.25) is 17.7 Å². The highest BCUT2D eigenvalue weighted by atomic mass is 35.5. The number of nitrogens with zero attached hydrogens (tertiary/aromatic N) is 1. The molecule has 9 nitrogen and oxygen atoms in total. The Bertz CT molecular complexity index is 1770. The van der Waals surface area contributed by atoms with Crippen molar-refractivity contribution in [2.75, 3.05) is 16.8 Å². The maximum absolute atomic E-state index is 14.2. The molecule has 1 aromatic heterocycles. The summed E-state index contributed by atoms with van der Waals surface area (Å²) in [5, 5.41) is 7.69. The van der Waals surface area contributed by atoms with Gasteiger partial charge < -0.3 is 15.0 Å². The zero-order valence-corrected chi connectivity index (χ0v) is 22.7. The summed E-state index contributed by atoms with van der Waals surface area (Å²) < 4.78 is 5.06. The minimum absolute atomic E-state index is 0.230. The average molecular weight is 569 g/mol. The molecule has 0 bridgehead atoms. The summed E-state index contributed by atoms with van der Waals surface area (Å²) in [5.74, 6) is -3.63. The first-order valence-corrected chi connectivity index (χ1v) is 13.8. The summed E-state index contributed by atoms with van der Waals surface area (Å²) in [5.41, 5.74) is 2.07. The highest BCUT2D eigenvalue weighted by molar-refractivity contribution is 6.35. The smallest absolute Gasteiger partial charge is 0.338 e. The largest absolute Gasteiger partial charge is 0.462 e. The fourth-order valence-electron chi connectivity index (χ4n) is 6.72.